The van der Waals surface area contributed by atoms with Gasteiger partial charge >= 0.3 is 5.97 Å². The molecule has 2 aromatic rings. The van der Waals surface area contributed by atoms with E-state index in [-0.39, 0.29) is 12.0 Å². The van der Waals surface area contributed by atoms with Crippen LogP contribution < -0.4 is 0 Å². The molecular weight excluding hydrogens is 350 g/mol. The van der Waals surface area contributed by atoms with Crippen LogP contribution in [0.1, 0.15) is 44.9 Å². The van der Waals surface area contributed by atoms with Crippen molar-refractivity contribution in [2.24, 2.45) is 0 Å². The first kappa shape index (κ1) is 17.5. The molecule has 3 atom stereocenters. The van der Waals surface area contributed by atoms with E-state index < -0.39 is 16.7 Å². The van der Waals surface area contributed by atoms with E-state index in [1.165, 1.54) is 0 Å². The fraction of sp³-hybridized carbons (Fsp3) is 0.381. The van der Waals surface area contributed by atoms with Crippen LogP contribution in [0.25, 0.3) is 0 Å². The molecule has 2 aliphatic rings. The largest absolute Gasteiger partial charge is 0.364 e. The molecule has 0 amide bonds. The van der Waals surface area contributed by atoms with Gasteiger partial charge in [0.25, 0.3) is 0 Å². The van der Waals surface area contributed by atoms with Crippen LogP contribution >= 0.6 is 11.6 Å². The van der Waals surface area contributed by atoms with Crippen LogP contribution in [0.5, 0.6) is 0 Å². The molecule has 0 saturated carbocycles. The van der Waals surface area contributed by atoms with Crippen LogP contribution in [0, 0.1) is 0 Å². The van der Waals surface area contributed by atoms with Gasteiger partial charge in [-0.2, -0.15) is 0 Å². The van der Waals surface area contributed by atoms with Gasteiger partial charge in [-0.15, -0.1) is 5.06 Å². The molecule has 2 aromatic carbocycles. The third-order valence-electron chi connectivity index (χ3n) is 5.27. The maximum Gasteiger partial charge on any atom is 0.360 e. The van der Waals surface area contributed by atoms with Gasteiger partial charge in [0.05, 0.1) is 0 Å². The SMILES string of the molecule is CC(C)(C)N1OC(=O)[C@@]2(C)O[C@@]2(c2ccccc2)[C@@H]1c1ccc(Cl)cc1. The molecule has 0 aromatic heterocycles. The van der Waals surface area contributed by atoms with Crippen molar-refractivity contribution in [2.75, 3.05) is 0 Å². The van der Waals surface area contributed by atoms with Crippen molar-refractivity contribution >= 4 is 17.6 Å². The predicted molar refractivity (Wildman–Crippen MR) is 99.5 cm³/mol. The van der Waals surface area contributed by atoms with Crippen LogP contribution in [0.3, 0.4) is 0 Å². The summed E-state index contributed by atoms with van der Waals surface area (Å²) in [6.07, 6.45) is 0. The summed E-state index contributed by atoms with van der Waals surface area (Å²) in [4.78, 5) is 18.6. The zero-order chi connectivity index (χ0) is 18.7. The maximum absolute atomic E-state index is 12.8. The Morgan fingerprint density at radius 1 is 1.04 bits per heavy atom. The Morgan fingerprint density at radius 3 is 2.23 bits per heavy atom. The summed E-state index contributed by atoms with van der Waals surface area (Å²) in [6, 6.07) is 17.3. The zero-order valence-corrected chi connectivity index (χ0v) is 16.1. The quantitative estimate of drug-likeness (QED) is 0.721. The van der Waals surface area contributed by atoms with E-state index in [2.05, 4.69) is 0 Å². The van der Waals surface area contributed by atoms with Crippen molar-refractivity contribution in [3.05, 3.63) is 70.7 Å². The Balaban J connectivity index is 1.94. The summed E-state index contributed by atoms with van der Waals surface area (Å²) >= 11 is 6.10. The second-order valence-corrected chi connectivity index (χ2v) is 8.50. The van der Waals surface area contributed by atoms with Gasteiger partial charge in [0.2, 0.25) is 5.60 Å². The number of nitrogens with zero attached hydrogens (tertiary/aromatic N) is 1. The molecule has 0 spiro atoms. The van der Waals surface area contributed by atoms with E-state index in [1.807, 2.05) is 82.3 Å². The highest BCUT2D eigenvalue weighted by Crippen LogP contribution is 2.67. The van der Waals surface area contributed by atoms with Crippen molar-refractivity contribution in [2.45, 2.75) is 50.5 Å². The highest BCUT2D eigenvalue weighted by molar-refractivity contribution is 6.30. The Bertz CT molecular complexity index is 846. The number of epoxide rings is 1. The number of carbonyl (C=O) groups excluding carboxylic acids is 1. The minimum Gasteiger partial charge on any atom is -0.364 e. The lowest BCUT2D eigenvalue weighted by Gasteiger charge is -2.45. The highest BCUT2D eigenvalue weighted by atomic mass is 35.5. The van der Waals surface area contributed by atoms with Crippen LogP contribution in [-0.2, 0) is 20.0 Å². The number of benzene rings is 2. The molecule has 0 unspecified atom stereocenters. The van der Waals surface area contributed by atoms with Crippen LogP contribution in [0.15, 0.2) is 54.6 Å². The molecule has 4 nitrogen and oxygen atoms in total. The summed E-state index contributed by atoms with van der Waals surface area (Å²) in [5.74, 6) is -0.360. The number of fused-ring (bicyclic) bond motifs is 1. The zero-order valence-electron chi connectivity index (χ0n) is 15.3. The lowest BCUT2D eigenvalue weighted by molar-refractivity contribution is -0.253. The number of hydrogen-bond donors (Lipinski definition) is 0. The van der Waals surface area contributed by atoms with E-state index in [4.69, 9.17) is 21.2 Å². The van der Waals surface area contributed by atoms with E-state index >= 15 is 0 Å². The molecule has 26 heavy (non-hydrogen) atoms. The second kappa shape index (κ2) is 5.56. The third kappa shape index (κ3) is 2.33. The first-order valence-electron chi connectivity index (χ1n) is 8.73. The van der Waals surface area contributed by atoms with Gasteiger partial charge in [0.15, 0.2) is 5.60 Å². The van der Waals surface area contributed by atoms with Gasteiger partial charge in [-0.25, -0.2) is 4.79 Å². The average molecular weight is 372 g/mol. The van der Waals surface area contributed by atoms with Crippen molar-refractivity contribution < 1.29 is 14.4 Å². The highest BCUT2D eigenvalue weighted by Gasteiger charge is 2.81. The third-order valence-corrected chi connectivity index (χ3v) is 5.52. The summed E-state index contributed by atoms with van der Waals surface area (Å²) in [6.45, 7) is 7.87. The van der Waals surface area contributed by atoms with Crippen LogP contribution in [-0.4, -0.2) is 22.2 Å². The van der Waals surface area contributed by atoms with Gasteiger partial charge in [-0.3, -0.25) is 0 Å². The summed E-state index contributed by atoms with van der Waals surface area (Å²) in [5.41, 5.74) is -0.266. The number of carbonyl (C=O) groups is 1. The lowest BCUT2D eigenvalue weighted by Crippen LogP contribution is -2.56. The maximum atomic E-state index is 12.8. The van der Waals surface area contributed by atoms with Crippen LogP contribution in [0.2, 0.25) is 5.02 Å². The molecule has 2 saturated heterocycles. The molecule has 0 aliphatic carbocycles. The molecular formula is C21H22ClNO3. The van der Waals surface area contributed by atoms with Gasteiger partial charge < -0.3 is 9.57 Å². The minimum atomic E-state index is -1.01. The van der Waals surface area contributed by atoms with Crippen molar-refractivity contribution in [3.63, 3.8) is 0 Å². The van der Waals surface area contributed by atoms with Gasteiger partial charge in [-0.1, -0.05) is 54.1 Å². The standard InChI is InChI=1S/C21H22ClNO3/c1-19(2,3)23-17(14-10-12-16(22)13-11-14)21(15-8-6-5-7-9-15)20(4,26-21)18(24)25-23/h5-13,17H,1-4H3/t17-,20+,21-/m0/s1. The molecule has 136 valence electrons. The first-order chi connectivity index (χ1) is 12.2. The Labute approximate surface area is 158 Å². The summed E-state index contributed by atoms with van der Waals surface area (Å²) in [7, 11) is 0. The van der Waals surface area contributed by atoms with Gasteiger partial charge in [0, 0.05) is 10.6 Å². The van der Waals surface area contributed by atoms with Gasteiger partial charge in [-0.05, 0) is 51.0 Å². The molecule has 0 bridgehead atoms. The summed E-state index contributed by atoms with van der Waals surface area (Å²) in [5, 5.41) is 2.43. The van der Waals surface area contributed by atoms with E-state index in [9.17, 15) is 4.79 Å². The van der Waals surface area contributed by atoms with E-state index in [1.54, 1.807) is 5.06 Å². The fourth-order valence-electron chi connectivity index (χ4n) is 3.92. The smallest absolute Gasteiger partial charge is 0.360 e. The normalized spacial score (nSPS) is 31.3. The number of hydroxylamine groups is 2. The van der Waals surface area contributed by atoms with Crippen molar-refractivity contribution in [3.8, 4) is 0 Å². The number of halogens is 1. The van der Waals surface area contributed by atoms with Crippen LogP contribution in [0.4, 0.5) is 0 Å². The molecule has 5 heteroatoms. The van der Waals surface area contributed by atoms with E-state index in [0.29, 0.717) is 5.02 Å². The monoisotopic (exact) mass is 371 g/mol. The lowest BCUT2D eigenvalue weighted by atomic mass is 9.76. The Kier molecular flexibility index (Phi) is 3.75. The second-order valence-electron chi connectivity index (χ2n) is 8.07. The predicted octanol–water partition coefficient (Wildman–Crippen LogP) is 4.64. The molecule has 2 aliphatic heterocycles. The fourth-order valence-corrected chi connectivity index (χ4v) is 4.04. The van der Waals surface area contributed by atoms with Crippen molar-refractivity contribution in [1.82, 2.24) is 5.06 Å². The Morgan fingerprint density at radius 2 is 1.65 bits per heavy atom. The average Bonchev–Trinajstić information content (AvgIpc) is 3.25. The molecule has 2 fully saturated rings. The molecule has 4 rings (SSSR count). The molecule has 2 heterocycles. The summed E-state index contributed by atoms with van der Waals surface area (Å²) < 4.78 is 6.22. The minimum absolute atomic E-state index is 0.287. The molecule has 0 radical (unpaired) electrons. The molecule has 0 N–H and O–H groups in total. The number of rotatable bonds is 2. The van der Waals surface area contributed by atoms with E-state index in [0.717, 1.165) is 11.1 Å². The Hall–Kier alpha value is -1.88. The topological polar surface area (TPSA) is 42.1 Å². The number of ether oxygens (including phenoxy) is 1. The number of hydrogen-bond acceptors (Lipinski definition) is 4. The van der Waals surface area contributed by atoms with Gasteiger partial charge in [0.1, 0.15) is 6.04 Å². The first-order valence-corrected chi connectivity index (χ1v) is 9.11. The van der Waals surface area contributed by atoms with Crippen molar-refractivity contribution in [1.29, 1.82) is 0 Å².